The van der Waals surface area contributed by atoms with Gasteiger partial charge in [0.25, 0.3) is 5.91 Å². The highest BCUT2D eigenvalue weighted by molar-refractivity contribution is 7.10. The Balaban J connectivity index is 1.76. The molecule has 28 heavy (non-hydrogen) atoms. The highest BCUT2D eigenvalue weighted by Crippen LogP contribution is 2.26. The molecule has 0 bridgehead atoms. The Morgan fingerprint density at radius 1 is 1.32 bits per heavy atom. The molecule has 7 nitrogen and oxygen atoms in total. The minimum absolute atomic E-state index is 0.00875. The monoisotopic (exact) mass is 399 g/mol. The lowest BCUT2D eigenvalue weighted by Crippen LogP contribution is -2.31. The third-order valence-electron chi connectivity index (χ3n) is 4.92. The molecule has 0 saturated heterocycles. The van der Waals surface area contributed by atoms with Crippen molar-refractivity contribution in [1.29, 1.82) is 0 Å². The van der Waals surface area contributed by atoms with Crippen LogP contribution in [0.25, 0.3) is 5.65 Å². The van der Waals surface area contributed by atoms with Gasteiger partial charge in [0.1, 0.15) is 6.33 Å². The van der Waals surface area contributed by atoms with Crippen molar-refractivity contribution in [1.82, 2.24) is 19.7 Å². The summed E-state index contributed by atoms with van der Waals surface area (Å²) in [6, 6.07) is 4.07. The zero-order chi connectivity index (χ0) is 20.4. The molecule has 8 heteroatoms. The van der Waals surface area contributed by atoms with E-state index in [1.165, 1.54) is 0 Å². The van der Waals surface area contributed by atoms with E-state index in [2.05, 4.69) is 35.2 Å². The fourth-order valence-corrected chi connectivity index (χ4v) is 4.33. The first-order valence-corrected chi connectivity index (χ1v) is 10.1. The van der Waals surface area contributed by atoms with Gasteiger partial charge in [-0.25, -0.2) is 9.97 Å². The zero-order valence-electron chi connectivity index (χ0n) is 16.5. The van der Waals surface area contributed by atoms with E-state index >= 15 is 0 Å². The second-order valence-corrected chi connectivity index (χ2v) is 8.20. The maximum Gasteiger partial charge on any atom is 0.271 e. The number of carbonyl (C=O) groups is 2. The molecule has 0 saturated carbocycles. The number of nitrogens with two attached hydrogens (primary N) is 1. The number of fused-ring (bicyclic) bond motifs is 1. The van der Waals surface area contributed by atoms with Crippen LogP contribution in [0.5, 0.6) is 0 Å². The van der Waals surface area contributed by atoms with Gasteiger partial charge in [0, 0.05) is 22.7 Å². The Hall–Kier alpha value is -2.74. The Morgan fingerprint density at radius 3 is 2.68 bits per heavy atom. The highest BCUT2D eigenvalue weighted by atomic mass is 32.1. The lowest BCUT2D eigenvalue weighted by atomic mass is 10.0. The number of hydrogen-bond donors (Lipinski definition) is 2. The van der Waals surface area contributed by atoms with Crippen LogP contribution >= 0.6 is 11.3 Å². The molecule has 148 valence electrons. The highest BCUT2D eigenvalue weighted by Gasteiger charge is 2.20. The molecule has 0 aromatic carbocycles. The van der Waals surface area contributed by atoms with Crippen molar-refractivity contribution in [3.8, 4) is 0 Å². The predicted octanol–water partition coefficient (Wildman–Crippen LogP) is 2.95. The minimum Gasteiger partial charge on any atom is -0.364 e. The van der Waals surface area contributed by atoms with Crippen LogP contribution in [0, 0.1) is 19.8 Å². The Labute approximate surface area is 168 Å². The van der Waals surface area contributed by atoms with E-state index in [-0.39, 0.29) is 17.6 Å². The summed E-state index contributed by atoms with van der Waals surface area (Å²) in [7, 11) is 0. The predicted molar refractivity (Wildman–Crippen MR) is 109 cm³/mol. The molecular formula is C20H25N5O2S. The van der Waals surface area contributed by atoms with Gasteiger partial charge in [-0.3, -0.25) is 14.0 Å². The number of hydrogen-bond acceptors (Lipinski definition) is 5. The number of aryl methyl sites for hydroxylation is 2. The molecule has 3 N–H and O–H groups in total. The molecule has 3 aromatic heterocycles. The van der Waals surface area contributed by atoms with Crippen LogP contribution < -0.4 is 11.1 Å². The van der Waals surface area contributed by atoms with Crippen molar-refractivity contribution < 1.29 is 9.59 Å². The van der Waals surface area contributed by atoms with Crippen LogP contribution in [0.3, 0.4) is 0 Å². The summed E-state index contributed by atoms with van der Waals surface area (Å²) in [5.41, 5.74) is 8.64. The molecule has 0 radical (unpaired) electrons. The van der Waals surface area contributed by atoms with Crippen molar-refractivity contribution in [2.45, 2.75) is 46.6 Å². The van der Waals surface area contributed by atoms with Crippen LogP contribution in [-0.2, 0) is 11.2 Å². The summed E-state index contributed by atoms with van der Waals surface area (Å²) in [4.78, 5) is 33.8. The van der Waals surface area contributed by atoms with Gasteiger partial charge >= 0.3 is 0 Å². The first-order valence-electron chi connectivity index (χ1n) is 9.25. The van der Waals surface area contributed by atoms with Gasteiger partial charge in [-0.05, 0) is 43.2 Å². The summed E-state index contributed by atoms with van der Waals surface area (Å²) in [5.74, 6) is -0.286. The second kappa shape index (κ2) is 8.10. The molecule has 0 aliphatic carbocycles. The van der Waals surface area contributed by atoms with Crippen LogP contribution in [0.15, 0.2) is 23.8 Å². The van der Waals surface area contributed by atoms with E-state index < -0.39 is 5.91 Å². The first-order chi connectivity index (χ1) is 13.3. The number of nitrogens with zero attached hydrogens (tertiary/aromatic N) is 3. The summed E-state index contributed by atoms with van der Waals surface area (Å²) < 4.78 is 1.75. The van der Waals surface area contributed by atoms with Gasteiger partial charge < -0.3 is 11.1 Å². The van der Waals surface area contributed by atoms with E-state index in [9.17, 15) is 9.59 Å². The van der Waals surface area contributed by atoms with Crippen molar-refractivity contribution in [2.24, 2.45) is 11.7 Å². The van der Waals surface area contributed by atoms with Crippen molar-refractivity contribution in [3.63, 3.8) is 0 Å². The third kappa shape index (κ3) is 3.91. The molecular weight excluding hydrogens is 374 g/mol. The van der Waals surface area contributed by atoms with Crippen molar-refractivity contribution in [2.75, 3.05) is 0 Å². The van der Waals surface area contributed by atoms with Gasteiger partial charge in [0.15, 0.2) is 11.3 Å². The van der Waals surface area contributed by atoms with Crippen molar-refractivity contribution >= 4 is 28.8 Å². The molecule has 0 aliphatic heterocycles. The lowest BCUT2D eigenvalue weighted by molar-refractivity contribution is -0.122. The first kappa shape index (κ1) is 20.0. The van der Waals surface area contributed by atoms with E-state index in [1.54, 1.807) is 22.1 Å². The molecule has 0 aliphatic rings. The Kier molecular flexibility index (Phi) is 5.79. The van der Waals surface area contributed by atoms with Gasteiger partial charge in [-0.1, -0.05) is 19.9 Å². The summed E-state index contributed by atoms with van der Waals surface area (Å²) in [5, 5.41) is 5.18. The second-order valence-electron chi connectivity index (χ2n) is 7.22. The fourth-order valence-electron chi connectivity index (χ4n) is 3.38. The largest absolute Gasteiger partial charge is 0.364 e. The van der Waals surface area contributed by atoms with Crippen molar-refractivity contribution in [3.05, 3.63) is 51.4 Å². The molecule has 0 unspecified atom stereocenters. The molecule has 3 aromatic rings. The number of imidazole rings is 1. The molecule has 3 rings (SSSR count). The van der Waals surface area contributed by atoms with Crippen LogP contribution in [0.4, 0.5) is 0 Å². The van der Waals surface area contributed by atoms with E-state index in [4.69, 9.17) is 5.73 Å². The number of rotatable bonds is 7. The van der Waals surface area contributed by atoms with Gasteiger partial charge in [0.05, 0.1) is 6.04 Å². The molecule has 0 spiro atoms. The van der Waals surface area contributed by atoms with Gasteiger partial charge in [-0.2, -0.15) is 0 Å². The van der Waals surface area contributed by atoms with Crippen LogP contribution in [-0.4, -0.2) is 26.2 Å². The Bertz CT molecular complexity index is 1010. The number of thiophene rings is 1. The average molecular weight is 400 g/mol. The minimum atomic E-state index is -0.603. The number of nitrogens with one attached hydrogen (secondary N) is 1. The molecule has 3 heterocycles. The zero-order valence-corrected chi connectivity index (χ0v) is 17.3. The van der Waals surface area contributed by atoms with Crippen LogP contribution in [0.1, 0.15) is 58.6 Å². The third-order valence-corrected chi connectivity index (χ3v) is 5.87. The quantitative estimate of drug-likeness (QED) is 0.637. The molecule has 1 atom stereocenters. The topological polar surface area (TPSA) is 102 Å². The average Bonchev–Trinajstić information content (AvgIpc) is 3.28. The maximum atomic E-state index is 12.6. The van der Waals surface area contributed by atoms with Gasteiger partial charge in [-0.15, -0.1) is 11.3 Å². The summed E-state index contributed by atoms with van der Waals surface area (Å²) in [6.07, 6.45) is 2.47. The number of aromatic nitrogens is 3. The maximum absolute atomic E-state index is 12.6. The van der Waals surface area contributed by atoms with Gasteiger partial charge in [0.2, 0.25) is 5.91 Å². The number of amides is 2. The van der Waals surface area contributed by atoms with Crippen LogP contribution in [0.2, 0.25) is 0 Å². The Morgan fingerprint density at radius 2 is 2.07 bits per heavy atom. The fraction of sp³-hybridized carbons (Fsp3) is 0.400. The molecule has 0 fully saturated rings. The number of carbonyl (C=O) groups excluding carboxylic acids is 2. The molecule has 2 amide bonds. The summed E-state index contributed by atoms with van der Waals surface area (Å²) >= 11 is 1.65. The summed E-state index contributed by atoms with van der Waals surface area (Å²) in [6.45, 7) is 8.02. The van der Waals surface area contributed by atoms with E-state index in [1.807, 2.05) is 25.3 Å². The van der Waals surface area contributed by atoms with E-state index in [0.717, 1.165) is 21.8 Å². The standard InChI is InChI=1S/C20H25N5O2S/c1-11(2)17(15-6-5-9-28-15)24-16(26)8-7-14-12(3)23-20-18(19(21)27)22-10-25(20)13(14)4/h5-6,9-11,17H,7-8H2,1-4H3,(H2,21,27)(H,24,26)/t17-/m0/s1. The number of primary amides is 1. The lowest BCUT2D eigenvalue weighted by Gasteiger charge is -2.21. The van der Waals surface area contributed by atoms with E-state index in [0.29, 0.717) is 24.4 Å². The SMILES string of the molecule is Cc1nc2c(C(N)=O)ncn2c(C)c1CCC(=O)N[C@H](c1cccs1)C(C)C. The normalized spacial score (nSPS) is 12.5. The smallest absolute Gasteiger partial charge is 0.271 e.